The third-order valence-corrected chi connectivity index (χ3v) is 11.5. The fourth-order valence-corrected chi connectivity index (χ4v) is 9.89. The molecule has 0 fully saturated rings. The summed E-state index contributed by atoms with van der Waals surface area (Å²) in [4.78, 5) is 0. The van der Waals surface area contributed by atoms with Crippen molar-refractivity contribution >= 4 is 0 Å². The van der Waals surface area contributed by atoms with Crippen LogP contribution in [-0.4, -0.2) is 0 Å². The van der Waals surface area contributed by atoms with Gasteiger partial charge in [-0.15, -0.1) is 0 Å². The van der Waals surface area contributed by atoms with E-state index in [1.807, 2.05) is 18.2 Å². The van der Waals surface area contributed by atoms with Crippen LogP contribution in [0, 0.1) is 0 Å². The summed E-state index contributed by atoms with van der Waals surface area (Å²) in [5.41, 5.74) is 0. The predicted molar refractivity (Wildman–Crippen MR) is 70.8 cm³/mol. The molecule has 0 unspecified atom stereocenters. The van der Waals surface area contributed by atoms with Gasteiger partial charge in [-0.25, -0.2) is 0 Å². The Labute approximate surface area is 116 Å². The molecule has 18 heavy (non-hydrogen) atoms. The van der Waals surface area contributed by atoms with Crippen LogP contribution in [0.5, 0.6) is 5.75 Å². The first-order valence-electron chi connectivity index (χ1n) is 6.25. The van der Waals surface area contributed by atoms with Gasteiger partial charge >= 0.3 is 117 Å². The predicted octanol–water partition coefficient (Wildman–Crippen LogP) is 4.29. The molecule has 1 aromatic carbocycles. The maximum atomic E-state index is 6.38. The zero-order chi connectivity index (χ0) is 12.2. The summed E-state index contributed by atoms with van der Waals surface area (Å²) in [6, 6.07) is 10.3. The average Bonchev–Trinajstić information content (AvgIpc) is 3.11. The van der Waals surface area contributed by atoms with E-state index in [2.05, 4.69) is 48.6 Å². The number of para-hydroxylation sites is 1. The first-order chi connectivity index (χ1) is 8.93. The van der Waals surface area contributed by atoms with Crippen molar-refractivity contribution < 1.29 is 24.7 Å². The van der Waals surface area contributed by atoms with E-state index >= 15 is 0 Å². The van der Waals surface area contributed by atoms with Crippen LogP contribution in [0.25, 0.3) is 0 Å². The van der Waals surface area contributed by atoms with Crippen molar-refractivity contribution in [2.75, 3.05) is 0 Å². The van der Waals surface area contributed by atoms with Gasteiger partial charge < -0.3 is 0 Å². The van der Waals surface area contributed by atoms with Gasteiger partial charge in [0.1, 0.15) is 0 Å². The van der Waals surface area contributed by atoms with Crippen LogP contribution in [0.1, 0.15) is 12.8 Å². The Morgan fingerprint density at radius 3 is 1.94 bits per heavy atom. The third kappa shape index (κ3) is 2.64. The molecule has 1 nitrogen and oxygen atoms in total. The molecule has 2 heteroatoms. The summed E-state index contributed by atoms with van der Waals surface area (Å²) in [7, 11) is 0. The van der Waals surface area contributed by atoms with Crippen molar-refractivity contribution in [3.8, 4) is 5.75 Å². The maximum absolute atomic E-state index is 6.38. The SMILES string of the molecule is C1=CC[C]([Hf]([O]c2ccccc2)[C]2=CC=CC2)=C1. The molecule has 0 radical (unpaired) electrons. The molecule has 0 aromatic heterocycles. The van der Waals surface area contributed by atoms with Gasteiger partial charge in [-0.3, -0.25) is 0 Å². The fraction of sp³-hybridized carbons (Fsp3) is 0.125. The van der Waals surface area contributed by atoms with E-state index in [9.17, 15) is 0 Å². The number of allylic oxidation sites excluding steroid dienone is 8. The summed E-state index contributed by atoms with van der Waals surface area (Å²) in [6.07, 6.45) is 15.5. The molecule has 0 heterocycles. The topological polar surface area (TPSA) is 9.23 Å². The van der Waals surface area contributed by atoms with E-state index < -0.39 is 21.9 Å². The molecule has 2 aliphatic rings. The summed E-state index contributed by atoms with van der Waals surface area (Å²) in [5, 5.41) is 0. The Balaban J connectivity index is 1.82. The third-order valence-electron chi connectivity index (χ3n) is 3.09. The quantitative estimate of drug-likeness (QED) is 0.684. The standard InChI is InChI=1S/C6H6O.2C5H5.Hf/c7-6-4-2-1-3-5-6;2*1-2-4-5-3-1;/h1-5,7H;2*1-3H,4H2;/q;;;+1/p-1. The van der Waals surface area contributed by atoms with Crippen LogP contribution in [0.15, 0.2) is 73.4 Å². The van der Waals surface area contributed by atoms with E-state index in [1.54, 1.807) is 6.66 Å². The van der Waals surface area contributed by atoms with Gasteiger partial charge in [-0.05, 0) is 0 Å². The summed E-state index contributed by atoms with van der Waals surface area (Å²) < 4.78 is 9.49. The Kier molecular flexibility index (Phi) is 3.75. The molecule has 89 valence electrons. The van der Waals surface area contributed by atoms with E-state index in [0.717, 1.165) is 18.6 Å². The molecule has 0 N–H and O–H groups in total. The van der Waals surface area contributed by atoms with Crippen LogP contribution in [0.4, 0.5) is 0 Å². The second kappa shape index (κ2) is 5.66. The van der Waals surface area contributed by atoms with Crippen LogP contribution < -0.4 is 2.85 Å². The van der Waals surface area contributed by atoms with Crippen molar-refractivity contribution in [1.29, 1.82) is 0 Å². The van der Waals surface area contributed by atoms with Crippen molar-refractivity contribution in [1.82, 2.24) is 0 Å². The van der Waals surface area contributed by atoms with Crippen molar-refractivity contribution in [2.24, 2.45) is 0 Å². The molecule has 0 aliphatic heterocycles. The molecule has 2 aliphatic carbocycles. The number of rotatable bonds is 4. The van der Waals surface area contributed by atoms with Crippen LogP contribution in [0.2, 0.25) is 0 Å². The zero-order valence-corrected chi connectivity index (χ0v) is 13.8. The molecule has 0 saturated heterocycles. The van der Waals surface area contributed by atoms with E-state index in [0.29, 0.717) is 0 Å². The van der Waals surface area contributed by atoms with Gasteiger partial charge in [0.15, 0.2) is 0 Å². The number of hydrogen-bond acceptors (Lipinski definition) is 1. The van der Waals surface area contributed by atoms with Gasteiger partial charge in [-0.1, -0.05) is 0 Å². The van der Waals surface area contributed by atoms with Crippen LogP contribution in [-0.2, 0) is 21.9 Å². The first-order valence-corrected chi connectivity index (χ1v) is 11.3. The van der Waals surface area contributed by atoms with Crippen molar-refractivity contribution in [3.63, 3.8) is 0 Å². The zero-order valence-electron chi connectivity index (χ0n) is 10.2. The minimum absolute atomic E-state index is 1.03. The van der Waals surface area contributed by atoms with Crippen molar-refractivity contribution in [3.05, 3.63) is 73.4 Å². The average molecular weight is 402 g/mol. The molecule has 3 rings (SSSR count). The van der Waals surface area contributed by atoms with E-state index in [-0.39, 0.29) is 0 Å². The molecule has 0 spiro atoms. The van der Waals surface area contributed by atoms with Crippen molar-refractivity contribution in [2.45, 2.75) is 12.8 Å². The van der Waals surface area contributed by atoms with Crippen LogP contribution >= 0.6 is 0 Å². The monoisotopic (exact) mass is 403 g/mol. The van der Waals surface area contributed by atoms with Gasteiger partial charge in [0.25, 0.3) is 0 Å². The van der Waals surface area contributed by atoms with Crippen LogP contribution in [0.3, 0.4) is 0 Å². The fourth-order valence-electron chi connectivity index (χ4n) is 2.17. The number of hydrogen-bond donors (Lipinski definition) is 0. The molecular weight excluding hydrogens is 387 g/mol. The first kappa shape index (κ1) is 11.9. The van der Waals surface area contributed by atoms with Gasteiger partial charge in [0.05, 0.1) is 0 Å². The molecule has 0 atom stereocenters. The van der Waals surface area contributed by atoms with Gasteiger partial charge in [0, 0.05) is 0 Å². The molecule has 0 bridgehead atoms. The summed E-state index contributed by atoms with van der Waals surface area (Å²) in [6.45, 7) is 0. The second-order valence-corrected chi connectivity index (χ2v) is 12.1. The summed E-state index contributed by atoms with van der Waals surface area (Å²) in [5.74, 6) is 1.03. The van der Waals surface area contributed by atoms with E-state index in [1.165, 1.54) is 0 Å². The minimum atomic E-state index is -2.29. The molecular formula is C16H15HfO. The molecule has 1 aromatic rings. The normalized spacial score (nSPS) is 16.7. The molecule has 0 amide bonds. The Bertz CT molecular complexity index is 507. The Morgan fingerprint density at radius 2 is 1.44 bits per heavy atom. The molecule has 0 saturated carbocycles. The number of benzene rings is 1. The second-order valence-electron chi connectivity index (χ2n) is 4.39. The van der Waals surface area contributed by atoms with Gasteiger partial charge in [-0.2, -0.15) is 0 Å². The Hall–Kier alpha value is -1.15. The Morgan fingerprint density at radius 1 is 0.833 bits per heavy atom. The van der Waals surface area contributed by atoms with E-state index in [4.69, 9.17) is 2.85 Å². The van der Waals surface area contributed by atoms with Gasteiger partial charge in [0.2, 0.25) is 0 Å². The summed E-state index contributed by atoms with van der Waals surface area (Å²) >= 11 is -2.29.